The third-order valence-corrected chi connectivity index (χ3v) is 3.45. The zero-order valence-corrected chi connectivity index (χ0v) is 13.4. The molecule has 0 radical (unpaired) electrons. The van der Waals surface area contributed by atoms with Crippen molar-refractivity contribution in [2.45, 2.75) is 39.5 Å². The highest BCUT2D eigenvalue weighted by Gasteiger charge is 2.11. The van der Waals surface area contributed by atoms with Crippen molar-refractivity contribution in [1.82, 2.24) is 5.32 Å². The van der Waals surface area contributed by atoms with E-state index in [1.54, 1.807) is 0 Å². The zero-order valence-electron chi connectivity index (χ0n) is 13.4. The van der Waals surface area contributed by atoms with E-state index in [1.165, 1.54) is 0 Å². The Kier molecular flexibility index (Phi) is 5.73. The number of carbonyl (C=O) groups excluding carboxylic acids is 1. The topological polar surface area (TPSA) is 38.3 Å². The van der Waals surface area contributed by atoms with Crippen molar-refractivity contribution in [2.24, 2.45) is 0 Å². The Morgan fingerprint density at radius 3 is 2.23 bits per heavy atom. The standard InChI is InChI=1S/C19H23NO2/c1-14(2)22-13-16-9-11-18(12-10-16)19(21)20-15(3)17-7-5-4-6-8-17/h4-12,14-15H,13H2,1-3H3,(H,20,21)/t15-/m0/s1. The normalized spacial score (nSPS) is 12.2. The molecule has 0 aliphatic rings. The lowest BCUT2D eigenvalue weighted by Crippen LogP contribution is -2.26. The van der Waals surface area contributed by atoms with E-state index < -0.39 is 0 Å². The number of nitrogens with one attached hydrogen (secondary N) is 1. The monoisotopic (exact) mass is 297 g/mol. The van der Waals surface area contributed by atoms with Gasteiger partial charge in [0.15, 0.2) is 0 Å². The average Bonchev–Trinajstić information content (AvgIpc) is 2.54. The maximum Gasteiger partial charge on any atom is 0.251 e. The van der Waals surface area contributed by atoms with Gasteiger partial charge in [0, 0.05) is 5.56 Å². The Labute approximate surface area is 132 Å². The first-order chi connectivity index (χ1) is 10.6. The summed E-state index contributed by atoms with van der Waals surface area (Å²) in [6, 6.07) is 17.5. The highest BCUT2D eigenvalue weighted by molar-refractivity contribution is 5.94. The van der Waals surface area contributed by atoms with Crippen LogP contribution in [0.2, 0.25) is 0 Å². The first-order valence-corrected chi connectivity index (χ1v) is 7.62. The van der Waals surface area contributed by atoms with Gasteiger partial charge in [-0.05, 0) is 44.0 Å². The van der Waals surface area contributed by atoms with Crippen LogP contribution < -0.4 is 5.32 Å². The largest absolute Gasteiger partial charge is 0.374 e. The van der Waals surface area contributed by atoms with Crippen molar-refractivity contribution in [3.8, 4) is 0 Å². The van der Waals surface area contributed by atoms with Gasteiger partial charge in [0.25, 0.3) is 5.91 Å². The molecule has 0 aliphatic carbocycles. The molecule has 1 atom stereocenters. The second kappa shape index (κ2) is 7.76. The van der Waals surface area contributed by atoms with Crippen molar-refractivity contribution >= 4 is 5.91 Å². The van der Waals surface area contributed by atoms with Gasteiger partial charge in [-0.1, -0.05) is 42.5 Å². The molecule has 3 heteroatoms. The number of benzene rings is 2. The van der Waals surface area contributed by atoms with Crippen molar-refractivity contribution < 1.29 is 9.53 Å². The number of carbonyl (C=O) groups is 1. The summed E-state index contributed by atoms with van der Waals surface area (Å²) in [5, 5.41) is 3.01. The van der Waals surface area contributed by atoms with E-state index in [9.17, 15) is 4.79 Å². The lowest BCUT2D eigenvalue weighted by Gasteiger charge is -2.14. The van der Waals surface area contributed by atoms with Crippen molar-refractivity contribution in [1.29, 1.82) is 0 Å². The molecule has 22 heavy (non-hydrogen) atoms. The van der Waals surface area contributed by atoms with Gasteiger partial charge < -0.3 is 10.1 Å². The van der Waals surface area contributed by atoms with Crippen LogP contribution in [-0.4, -0.2) is 12.0 Å². The molecular formula is C19H23NO2. The van der Waals surface area contributed by atoms with E-state index >= 15 is 0 Å². The second-order valence-electron chi connectivity index (χ2n) is 5.66. The summed E-state index contributed by atoms with van der Waals surface area (Å²) < 4.78 is 5.55. The molecule has 0 saturated heterocycles. The molecule has 2 aromatic carbocycles. The minimum atomic E-state index is -0.0623. The van der Waals surface area contributed by atoms with Crippen molar-refractivity contribution in [2.75, 3.05) is 0 Å². The number of hydrogen-bond donors (Lipinski definition) is 1. The van der Waals surface area contributed by atoms with Crippen LogP contribution >= 0.6 is 0 Å². The van der Waals surface area contributed by atoms with E-state index in [0.717, 1.165) is 11.1 Å². The fourth-order valence-corrected chi connectivity index (χ4v) is 2.12. The fraction of sp³-hybridized carbons (Fsp3) is 0.316. The summed E-state index contributed by atoms with van der Waals surface area (Å²) in [4.78, 5) is 12.3. The Morgan fingerprint density at radius 1 is 1.00 bits per heavy atom. The number of hydrogen-bond acceptors (Lipinski definition) is 2. The van der Waals surface area contributed by atoms with Gasteiger partial charge in [-0.15, -0.1) is 0 Å². The molecule has 0 bridgehead atoms. The third kappa shape index (κ3) is 4.71. The van der Waals surface area contributed by atoms with Crippen LogP contribution in [0.1, 0.15) is 48.3 Å². The van der Waals surface area contributed by atoms with Crippen molar-refractivity contribution in [3.05, 3.63) is 71.3 Å². The number of amides is 1. The molecule has 1 amide bonds. The predicted octanol–water partition coefficient (Wildman–Crippen LogP) is 4.10. The lowest BCUT2D eigenvalue weighted by molar-refractivity contribution is 0.0656. The molecule has 0 heterocycles. The molecular weight excluding hydrogens is 274 g/mol. The Bertz CT molecular complexity index is 591. The summed E-state index contributed by atoms with van der Waals surface area (Å²) in [5.74, 6) is -0.0623. The van der Waals surface area contributed by atoms with Gasteiger partial charge in [-0.2, -0.15) is 0 Å². The van der Waals surface area contributed by atoms with Gasteiger partial charge in [0.2, 0.25) is 0 Å². The van der Waals surface area contributed by atoms with Crippen molar-refractivity contribution in [3.63, 3.8) is 0 Å². The summed E-state index contributed by atoms with van der Waals surface area (Å²) >= 11 is 0. The van der Waals surface area contributed by atoms with Gasteiger partial charge in [0.1, 0.15) is 0 Å². The van der Waals surface area contributed by atoms with E-state index in [1.807, 2.05) is 75.4 Å². The summed E-state index contributed by atoms with van der Waals surface area (Å²) in [7, 11) is 0. The number of rotatable bonds is 6. The Morgan fingerprint density at radius 2 is 1.64 bits per heavy atom. The van der Waals surface area contributed by atoms with Crippen LogP contribution in [0.4, 0.5) is 0 Å². The minimum Gasteiger partial charge on any atom is -0.374 e. The van der Waals surface area contributed by atoms with E-state index in [-0.39, 0.29) is 18.1 Å². The van der Waals surface area contributed by atoms with E-state index in [0.29, 0.717) is 12.2 Å². The van der Waals surface area contributed by atoms with Gasteiger partial charge in [-0.3, -0.25) is 4.79 Å². The number of ether oxygens (including phenoxy) is 1. The molecule has 1 N–H and O–H groups in total. The first-order valence-electron chi connectivity index (χ1n) is 7.62. The third-order valence-electron chi connectivity index (χ3n) is 3.45. The van der Waals surface area contributed by atoms with Gasteiger partial charge >= 0.3 is 0 Å². The molecule has 116 valence electrons. The molecule has 0 unspecified atom stereocenters. The highest BCUT2D eigenvalue weighted by Crippen LogP contribution is 2.13. The van der Waals surface area contributed by atoms with Gasteiger partial charge in [0.05, 0.1) is 18.8 Å². The lowest BCUT2D eigenvalue weighted by atomic mass is 10.1. The van der Waals surface area contributed by atoms with E-state index in [2.05, 4.69) is 5.32 Å². The second-order valence-corrected chi connectivity index (χ2v) is 5.66. The van der Waals surface area contributed by atoms with Crippen LogP contribution in [0.15, 0.2) is 54.6 Å². The van der Waals surface area contributed by atoms with Crippen LogP contribution in [0.3, 0.4) is 0 Å². The minimum absolute atomic E-state index is 0.0161. The van der Waals surface area contributed by atoms with Crippen LogP contribution in [0, 0.1) is 0 Å². The zero-order chi connectivity index (χ0) is 15.9. The summed E-state index contributed by atoms with van der Waals surface area (Å²) in [6.45, 7) is 6.57. The van der Waals surface area contributed by atoms with Crippen LogP contribution in [0.5, 0.6) is 0 Å². The summed E-state index contributed by atoms with van der Waals surface area (Å²) in [5.41, 5.74) is 2.83. The molecule has 0 aliphatic heterocycles. The predicted molar refractivity (Wildman–Crippen MR) is 88.7 cm³/mol. The smallest absolute Gasteiger partial charge is 0.251 e. The van der Waals surface area contributed by atoms with Gasteiger partial charge in [-0.25, -0.2) is 0 Å². The SMILES string of the molecule is CC(C)OCc1ccc(C(=O)N[C@@H](C)c2ccccc2)cc1. The van der Waals surface area contributed by atoms with Crippen LogP contribution in [0.25, 0.3) is 0 Å². The maximum atomic E-state index is 12.3. The molecule has 2 aromatic rings. The maximum absolute atomic E-state index is 12.3. The Balaban J connectivity index is 1.95. The molecule has 0 fully saturated rings. The first kappa shape index (κ1) is 16.2. The quantitative estimate of drug-likeness (QED) is 0.871. The highest BCUT2D eigenvalue weighted by atomic mass is 16.5. The fourth-order valence-electron chi connectivity index (χ4n) is 2.12. The Hall–Kier alpha value is -2.13. The van der Waals surface area contributed by atoms with Crippen LogP contribution in [-0.2, 0) is 11.3 Å². The van der Waals surface area contributed by atoms with E-state index in [4.69, 9.17) is 4.74 Å². The molecule has 3 nitrogen and oxygen atoms in total. The average molecular weight is 297 g/mol. The molecule has 0 aromatic heterocycles. The summed E-state index contributed by atoms with van der Waals surface area (Å²) in [6.07, 6.45) is 0.203. The molecule has 2 rings (SSSR count). The molecule has 0 spiro atoms. The molecule has 0 saturated carbocycles.